The SMILES string of the molecule is CN(C)CCNC(=O)c1cc2n[nH]c(=O)n2c2cc(-c3ccc(CN4CCNCC4)cc3)ccc12. The van der Waals surface area contributed by atoms with E-state index >= 15 is 0 Å². The molecule has 9 heteroatoms. The first-order chi connectivity index (χ1) is 17.0. The van der Waals surface area contributed by atoms with Gasteiger partial charge in [-0.15, -0.1) is 0 Å². The van der Waals surface area contributed by atoms with Crippen molar-refractivity contribution >= 4 is 22.5 Å². The predicted molar refractivity (Wildman–Crippen MR) is 138 cm³/mol. The summed E-state index contributed by atoms with van der Waals surface area (Å²) in [6.45, 7) is 6.41. The van der Waals surface area contributed by atoms with Crippen LogP contribution in [0.15, 0.2) is 53.3 Å². The third kappa shape index (κ3) is 4.97. The summed E-state index contributed by atoms with van der Waals surface area (Å²) in [6, 6.07) is 16.1. The second-order valence-corrected chi connectivity index (χ2v) is 9.29. The van der Waals surface area contributed by atoms with Crippen LogP contribution in [0.5, 0.6) is 0 Å². The van der Waals surface area contributed by atoms with E-state index in [1.807, 2.05) is 37.2 Å². The summed E-state index contributed by atoms with van der Waals surface area (Å²) >= 11 is 0. The zero-order chi connectivity index (χ0) is 24.4. The number of aromatic amines is 1. The van der Waals surface area contributed by atoms with Crippen molar-refractivity contribution in [2.45, 2.75) is 6.54 Å². The van der Waals surface area contributed by atoms with Gasteiger partial charge in [-0.05, 0) is 42.9 Å². The molecule has 9 nitrogen and oxygen atoms in total. The number of aromatic nitrogens is 3. The Bertz CT molecular complexity index is 1400. The quantitative estimate of drug-likeness (QED) is 0.377. The Morgan fingerprint density at radius 2 is 1.80 bits per heavy atom. The molecule has 0 aliphatic carbocycles. The number of benzene rings is 2. The molecule has 0 unspecified atom stereocenters. The molecule has 4 aromatic rings. The Kier molecular flexibility index (Phi) is 6.63. The second-order valence-electron chi connectivity index (χ2n) is 9.29. The number of likely N-dealkylation sites (N-methyl/N-ethyl adjacent to an activating group) is 1. The molecule has 2 aromatic carbocycles. The van der Waals surface area contributed by atoms with Gasteiger partial charge in [0, 0.05) is 51.2 Å². The third-order valence-electron chi connectivity index (χ3n) is 6.49. The van der Waals surface area contributed by atoms with Crippen molar-refractivity contribution in [2.75, 3.05) is 53.4 Å². The predicted octanol–water partition coefficient (Wildman–Crippen LogP) is 1.54. The molecule has 2 aromatic heterocycles. The molecule has 1 aliphatic heterocycles. The van der Waals surface area contributed by atoms with Crippen molar-refractivity contribution in [1.82, 2.24) is 35.0 Å². The summed E-state index contributed by atoms with van der Waals surface area (Å²) in [5.74, 6) is -0.181. The van der Waals surface area contributed by atoms with Gasteiger partial charge in [-0.25, -0.2) is 14.3 Å². The average Bonchev–Trinajstić information content (AvgIpc) is 3.25. The minimum absolute atomic E-state index is 0.181. The summed E-state index contributed by atoms with van der Waals surface area (Å²) < 4.78 is 1.52. The highest BCUT2D eigenvalue weighted by Gasteiger charge is 2.17. The molecule has 1 aliphatic rings. The molecular weight excluding hydrogens is 442 g/mol. The first kappa shape index (κ1) is 23.2. The molecule has 0 saturated carbocycles. The van der Waals surface area contributed by atoms with Crippen LogP contribution in [0, 0.1) is 0 Å². The molecule has 0 spiro atoms. The average molecular weight is 474 g/mol. The largest absolute Gasteiger partial charge is 0.351 e. The van der Waals surface area contributed by atoms with Gasteiger partial charge in [-0.1, -0.05) is 36.4 Å². The number of carbonyl (C=O) groups excluding carboxylic acids is 1. The number of nitrogens with zero attached hydrogens (tertiary/aromatic N) is 4. The Morgan fingerprint density at radius 1 is 1.06 bits per heavy atom. The normalized spacial score (nSPS) is 14.7. The van der Waals surface area contributed by atoms with Crippen molar-refractivity contribution in [1.29, 1.82) is 0 Å². The first-order valence-electron chi connectivity index (χ1n) is 12.0. The Hall–Kier alpha value is -3.53. The van der Waals surface area contributed by atoms with Crippen LogP contribution < -0.4 is 16.3 Å². The third-order valence-corrected chi connectivity index (χ3v) is 6.49. The molecule has 1 saturated heterocycles. The van der Waals surface area contributed by atoms with Crippen molar-refractivity contribution in [3.8, 4) is 11.1 Å². The molecule has 0 atom stereocenters. The lowest BCUT2D eigenvalue weighted by Crippen LogP contribution is -2.42. The van der Waals surface area contributed by atoms with E-state index in [4.69, 9.17) is 0 Å². The molecule has 0 radical (unpaired) electrons. The topological polar surface area (TPSA) is 97.8 Å². The fraction of sp³-hybridized carbons (Fsp3) is 0.346. The van der Waals surface area contributed by atoms with Gasteiger partial charge in [0.15, 0.2) is 5.65 Å². The highest BCUT2D eigenvalue weighted by Crippen LogP contribution is 2.27. The maximum Gasteiger partial charge on any atom is 0.348 e. The Balaban J connectivity index is 1.48. The van der Waals surface area contributed by atoms with Crippen molar-refractivity contribution in [2.24, 2.45) is 0 Å². The number of hydrogen-bond donors (Lipinski definition) is 3. The molecular formula is C26H31N7O2. The highest BCUT2D eigenvalue weighted by atomic mass is 16.2. The lowest BCUT2D eigenvalue weighted by atomic mass is 10.00. The molecule has 35 heavy (non-hydrogen) atoms. The standard InChI is InChI=1S/C26H31N7O2/c1-31(2)12-11-28-25(34)22-16-24-29-30-26(35)33(24)23-15-20(7-8-21(22)23)19-5-3-18(4-6-19)17-32-13-9-27-10-14-32/h3-8,15-16,27H,9-14,17H2,1-2H3,(H,28,34)(H,30,35). The van der Waals surface area contributed by atoms with E-state index in [1.165, 1.54) is 9.96 Å². The van der Waals surface area contributed by atoms with Gasteiger partial charge in [0.2, 0.25) is 0 Å². The molecule has 5 rings (SSSR count). The zero-order valence-corrected chi connectivity index (χ0v) is 20.2. The van der Waals surface area contributed by atoms with E-state index < -0.39 is 0 Å². The number of amides is 1. The van der Waals surface area contributed by atoms with E-state index in [1.54, 1.807) is 6.07 Å². The zero-order valence-electron chi connectivity index (χ0n) is 20.2. The number of H-pyrrole nitrogens is 1. The number of fused-ring (bicyclic) bond motifs is 3. The smallest absolute Gasteiger partial charge is 0.348 e. The van der Waals surface area contributed by atoms with Crippen LogP contribution in [0.1, 0.15) is 15.9 Å². The van der Waals surface area contributed by atoms with Gasteiger partial charge in [-0.3, -0.25) is 9.69 Å². The molecule has 1 fully saturated rings. The van der Waals surface area contributed by atoms with Gasteiger partial charge >= 0.3 is 5.69 Å². The Morgan fingerprint density at radius 3 is 2.54 bits per heavy atom. The van der Waals surface area contributed by atoms with Crippen molar-refractivity contribution in [3.63, 3.8) is 0 Å². The van der Waals surface area contributed by atoms with E-state index in [0.717, 1.165) is 50.4 Å². The van der Waals surface area contributed by atoms with Crippen LogP contribution in [0.3, 0.4) is 0 Å². The lowest BCUT2D eigenvalue weighted by molar-refractivity contribution is 0.0952. The first-order valence-corrected chi connectivity index (χ1v) is 12.0. The molecule has 3 heterocycles. The minimum Gasteiger partial charge on any atom is -0.351 e. The minimum atomic E-state index is -0.326. The van der Waals surface area contributed by atoms with Crippen LogP contribution in [0.4, 0.5) is 0 Å². The monoisotopic (exact) mass is 473 g/mol. The van der Waals surface area contributed by atoms with Crippen molar-refractivity contribution < 1.29 is 4.79 Å². The van der Waals surface area contributed by atoms with Gasteiger partial charge in [-0.2, -0.15) is 5.10 Å². The number of hydrogen-bond acceptors (Lipinski definition) is 6. The van der Waals surface area contributed by atoms with Crippen LogP contribution in [-0.4, -0.2) is 83.7 Å². The van der Waals surface area contributed by atoms with Crippen LogP contribution in [0.2, 0.25) is 0 Å². The van der Waals surface area contributed by atoms with Crippen LogP contribution >= 0.6 is 0 Å². The van der Waals surface area contributed by atoms with E-state index in [0.29, 0.717) is 28.7 Å². The summed E-state index contributed by atoms with van der Waals surface area (Å²) in [5, 5.41) is 13.7. The van der Waals surface area contributed by atoms with Gasteiger partial charge in [0.1, 0.15) is 0 Å². The van der Waals surface area contributed by atoms with E-state index in [2.05, 4.69) is 50.0 Å². The van der Waals surface area contributed by atoms with Crippen LogP contribution in [-0.2, 0) is 6.54 Å². The highest BCUT2D eigenvalue weighted by molar-refractivity contribution is 6.08. The van der Waals surface area contributed by atoms with Crippen LogP contribution in [0.25, 0.3) is 27.7 Å². The van der Waals surface area contributed by atoms with Gasteiger partial charge in [0.05, 0.1) is 11.1 Å². The molecule has 3 N–H and O–H groups in total. The fourth-order valence-electron chi connectivity index (χ4n) is 4.58. The van der Waals surface area contributed by atoms with Gasteiger partial charge in [0.25, 0.3) is 5.91 Å². The fourth-order valence-corrected chi connectivity index (χ4v) is 4.58. The number of carbonyl (C=O) groups is 1. The van der Waals surface area contributed by atoms with E-state index in [9.17, 15) is 9.59 Å². The Labute approximate surface area is 203 Å². The maximum atomic E-state index is 13.0. The number of piperazine rings is 1. The lowest BCUT2D eigenvalue weighted by Gasteiger charge is -2.27. The number of pyridine rings is 1. The van der Waals surface area contributed by atoms with Gasteiger partial charge < -0.3 is 15.5 Å². The maximum absolute atomic E-state index is 13.0. The molecule has 182 valence electrons. The summed E-state index contributed by atoms with van der Waals surface area (Å²) in [6.07, 6.45) is 0. The summed E-state index contributed by atoms with van der Waals surface area (Å²) in [5.41, 5.74) is 4.57. The van der Waals surface area contributed by atoms with Crippen molar-refractivity contribution in [3.05, 3.63) is 70.1 Å². The number of nitrogens with one attached hydrogen (secondary N) is 3. The molecule has 0 bridgehead atoms. The summed E-state index contributed by atoms with van der Waals surface area (Å²) in [7, 11) is 3.92. The molecule has 1 amide bonds. The summed E-state index contributed by atoms with van der Waals surface area (Å²) in [4.78, 5) is 30.0. The number of rotatable bonds is 7. The van der Waals surface area contributed by atoms with E-state index in [-0.39, 0.29) is 11.6 Å². The second kappa shape index (κ2) is 9.99.